The minimum Gasteiger partial charge on any atom is -0.497 e. The molecule has 1 fully saturated rings. The van der Waals surface area contributed by atoms with Crippen LogP contribution in [-0.4, -0.2) is 46.6 Å². The molecular formula is C23H24N4O3S. The predicted molar refractivity (Wildman–Crippen MR) is 120 cm³/mol. The number of aromatic nitrogens is 2. The Morgan fingerprint density at radius 3 is 2.81 bits per heavy atom. The minimum atomic E-state index is -0.465. The molecule has 0 spiro atoms. The van der Waals surface area contributed by atoms with Crippen LogP contribution in [0.1, 0.15) is 24.8 Å². The van der Waals surface area contributed by atoms with Gasteiger partial charge in [-0.3, -0.25) is 14.9 Å². The van der Waals surface area contributed by atoms with Gasteiger partial charge >= 0.3 is 0 Å². The molecule has 31 heavy (non-hydrogen) atoms. The Morgan fingerprint density at radius 2 is 2.00 bits per heavy atom. The molecule has 160 valence electrons. The summed E-state index contributed by atoms with van der Waals surface area (Å²) in [6.07, 6.45) is 2.54. The van der Waals surface area contributed by atoms with Gasteiger partial charge in [0.05, 0.1) is 7.11 Å². The standard InChI is InChI=1S/C23H24N4O3S/c1-30-18-10-5-9-17(15-18)22-25-26-23(31-22)24-21(29)19-11-6-14-27(19)20(28)13-12-16-7-3-2-4-8-16/h2-5,7-10,15,19H,6,11-14H2,1H3,(H,24,26,29). The van der Waals surface area contributed by atoms with Gasteiger partial charge in [-0.05, 0) is 37.0 Å². The molecule has 3 aromatic rings. The Kier molecular flexibility index (Phi) is 6.57. The molecule has 1 aliphatic rings. The van der Waals surface area contributed by atoms with Crippen LogP contribution >= 0.6 is 11.3 Å². The molecule has 1 unspecified atom stereocenters. The summed E-state index contributed by atoms with van der Waals surface area (Å²) >= 11 is 1.30. The first-order valence-corrected chi connectivity index (χ1v) is 11.1. The van der Waals surface area contributed by atoms with Crippen LogP contribution in [0.2, 0.25) is 0 Å². The van der Waals surface area contributed by atoms with Crippen molar-refractivity contribution >= 4 is 28.3 Å². The van der Waals surface area contributed by atoms with E-state index in [0.29, 0.717) is 35.9 Å². The number of aryl methyl sites for hydroxylation is 1. The topological polar surface area (TPSA) is 84.4 Å². The van der Waals surface area contributed by atoms with Crippen LogP contribution in [0.5, 0.6) is 5.75 Å². The number of likely N-dealkylation sites (tertiary alicyclic amines) is 1. The molecule has 2 aromatic carbocycles. The second kappa shape index (κ2) is 9.70. The molecular weight excluding hydrogens is 412 g/mol. The van der Waals surface area contributed by atoms with Crippen LogP contribution in [0, 0.1) is 0 Å². The van der Waals surface area contributed by atoms with E-state index in [1.807, 2.05) is 54.6 Å². The summed E-state index contributed by atoms with van der Waals surface area (Å²) in [6, 6.07) is 17.0. The molecule has 2 heterocycles. The first-order chi connectivity index (χ1) is 15.1. The van der Waals surface area contributed by atoms with E-state index < -0.39 is 6.04 Å². The van der Waals surface area contributed by atoms with Crippen molar-refractivity contribution in [3.63, 3.8) is 0 Å². The fourth-order valence-corrected chi connectivity index (χ4v) is 4.46. The maximum atomic E-state index is 12.9. The van der Waals surface area contributed by atoms with Crippen LogP contribution < -0.4 is 10.1 Å². The van der Waals surface area contributed by atoms with E-state index in [-0.39, 0.29) is 11.8 Å². The number of hydrogen-bond donors (Lipinski definition) is 1. The first kappa shape index (κ1) is 21.0. The molecule has 7 nitrogen and oxygen atoms in total. The van der Waals surface area contributed by atoms with Gasteiger partial charge in [0.15, 0.2) is 0 Å². The van der Waals surface area contributed by atoms with Crippen molar-refractivity contribution < 1.29 is 14.3 Å². The molecule has 1 aromatic heterocycles. The van der Waals surface area contributed by atoms with Crippen LogP contribution in [0.4, 0.5) is 5.13 Å². The van der Waals surface area contributed by atoms with Gasteiger partial charge in [0.2, 0.25) is 16.9 Å². The van der Waals surface area contributed by atoms with Crippen molar-refractivity contribution in [3.8, 4) is 16.3 Å². The third kappa shape index (κ3) is 5.08. The fraction of sp³-hybridized carbons (Fsp3) is 0.304. The van der Waals surface area contributed by atoms with Crippen LogP contribution in [-0.2, 0) is 16.0 Å². The lowest BCUT2D eigenvalue weighted by Crippen LogP contribution is -2.43. The quantitative estimate of drug-likeness (QED) is 0.609. The molecule has 0 saturated carbocycles. The summed E-state index contributed by atoms with van der Waals surface area (Å²) in [6.45, 7) is 0.608. The largest absolute Gasteiger partial charge is 0.497 e. The van der Waals surface area contributed by atoms with Gasteiger partial charge in [0, 0.05) is 18.5 Å². The molecule has 0 bridgehead atoms. The highest BCUT2D eigenvalue weighted by atomic mass is 32.1. The summed E-state index contributed by atoms with van der Waals surface area (Å²) in [4.78, 5) is 27.3. The van der Waals surface area contributed by atoms with Crippen molar-refractivity contribution in [2.24, 2.45) is 0 Å². The number of anilines is 1. The lowest BCUT2D eigenvalue weighted by atomic mass is 10.1. The van der Waals surface area contributed by atoms with Crippen LogP contribution in [0.25, 0.3) is 10.6 Å². The average Bonchev–Trinajstić information content (AvgIpc) is 3.48. The van der Waals surface area contributed by atoms with E-state index in [9.17, 15) is 9.59 Å². The molecule has 1 N–H and O–H groups in total. The monoisotopic (exact) mass is 436 g/mol. The summed E-state index contributed by atoms with van der Waals surface area (Å²) in [5.74, 6) is 0.531. The first-order valence-electron chi connectivity index (χ1n) is 10.3. The number of hydrogen-bond acceptors (Lipinski definition) is 6. The number of benzene rings is 2. The smallest absolute Gasteiger partial charge is 0.249 e. The highest BCUT2D eigenvalue weighted by Gasteiger charge is 2.34. The van der Waals surface area contributed by atoms with Crippen molar-refractivity contribution in [1.82, 2.24) is 15.1 Å². The third-order valence-electron chi connectivity index (χ3n) is 5.32. The van der Waals surface area contributed by atoms with Gasteiger partial charge in [-0.2, -0.15) is 0 Å². The minimum absolute atomic E-state index is 0.0100. The van der Waals surface area contributed by atoms with E-state index in [1.54, 1.807) is 12.0 Å². The molecule has 0 radical (unpaired) electrons. The molecule has 8 heteroatoms. The number of carbonyl (C=O) groups excluding carboxylic acids is 2. The average molecular weight is 437 g/mol. The predicted octanol–water partition coefficient (Wildman–Crippen LogP) is 3.78. The number of rotatable bonds is 7. The molecule has 1 saturated heterocycles. The number of nitrogens with zero attached hydrogens (tertiary/aromatic N) is 3. The molecule has 4 rings (SSSR count). The van der Waals surface area contributed by atoms with E-state index in [2.05, 4.69) is 15.5 Å². The van der Waals surface area contributed by atoms with Gasteiger partial charge in [-0.1, -0.05) is 53.8 Å². The molecule has 0 aliphatic carbocycles. The van der Waals surface area contributed by atoms with Crippen molar-refractivity contribution in [2.75, 3.05) is 19.0 Å². The number of nitrogens with one attached hydrogen (secondary N) is 1. The summed E-state index contributed by atoms with van der Waals surface area (Å²) < 4.78 is 5.25. The lowest BCUT2D eigenvalue weighted by Gasteiger charge is -2.23. The Morgan fingerprint density at radius 1 is 1.16 bits per heavy atom. The number of ether oxygens (including phenoxy) is 1. The second-order valence-electron chi connectivity index (χ2n) is 7.36. The zero-order chi connectivity index (χ0) is 21.6. The maximum absolute atomic E-state index is 12.9. The second-order valence-corrected chi connectivity index (χ2v) is 8.34. The Balaban J connectivity index is 1.37. The van der Waals surface area contributed by atoms with E-state index >= 15 is 0 Å². The molecule has 1 aliphatic heterocycles. The Labute approximate surface area is 185 Å². The number of amides is 2. The summed E-state index contributed by atoms with van der Waals surface area (Å²) in [5, 5.41) is 12.2. The zero-order valence-corrected chi connectivity index (χ0v) is 18.1. The number of methoxy groups -OCH3 is 1. The fourth-order valence-electron chi connectivity index (χ4n) is 3.71. The van der Waals surface area contributed by atoms with Crippen molar-refractivity contribution in [2.45, 2.75) is 31.7 Å². The van der Waals surface area contributed by atoms with E-state index in [1.165, 1.54) is 11.3 Å². The number of carbonyl (C=O) groups is 2. The Hall–Kier alpha value is -3.26. The highest BCUT2D eigenvalue weighted by Crippen LogP contribution is 2.29. The van der Waals surface area contributed by atoms with Gasteiger partial charge in [0.25, 0.3) is 0 Å². The third-order valence-corrected chi connectivity index (χ3v) is 6.21. The molecule has 1 atom stereocenters. The maximum Gasteiger partial charge on any atom is 0.249 e. The lowest BCUT2D eigenvalue weighted by molar-refractivity contribution is -0.136. The van der Waals surface area contributed by atoms with E-state index in [0.717, 1.165) is 23.3 Å². The van der Waals surface area contributed by atoms with E-state index in [4.69, 9.17) is 4.74 Å². The SMILES string of the molecule is COc1cccc(-c2nnc(NC(=O)C3CCCN3C(=O)CCc3ccccc3)s2)c1. The normalized spacial score (nSPS) is 15.6. The van der Waals surface area contributed by atoms with Crippen LogP contribution in [0.15, 0.2) is 54.6 Å². The summed E-state index contributed by atoms with van der Waals surface area (Å²) in [7, 11) is 1.61. The van der Waals surface area contributed by atoms with Gasteiger partial charge in [-0.15, -0.1) is 10.2 Å². The van der Waals surface area contributed by atoms with Gasteiger partial charge < -0.3 is 9.64 Å². The van der Waals surface area contributed by atoms with Gasteiger partial charge in [0.1, 0.15) is 16.8 Å². The van der Waals surface area contributed by atoms with Crippen LogP contribution in [0.3, 0.4) is 0 Å². The van der Waals surface area contributed by atoms with Crippen molar-refractivity contribution in [1.29, 1.82) is 0 Å². The highest BCUT2D eigenvalue weighted by molar-refractivity contribution is 7.18. The van der Waals surface area contributed by atoms with Crippen molar-refractivity contribution in [3.05, 3.63) is 60.2 Å². The molecule has 2 amide bonds. The Bertz CT molecular complexity index is 1050. The summed E-state index contributed by atoms with van der Waals surface area (Å²) in [5.41, 5.74) is 1.99. The zero-order valence-electron chi connectivity index (χ0n) is 17.3. The van der Waals surface area contributed by atoms with Gasteiger partial charge in [-0.25, -0.2) is 0 Å².